The Morgan fingerprint density at radius 2 is 2.08 bits per heavy atom. The Morgan fingerprint density at radius 1 is 1.28 bits per heavy atom. The Balaban J connectivity index is 1.57. The number of urea groups is 1. The van der Waals surface area contributed by atoms with Crippen molar-refractivity contribution >= 4 is 23.5 Å². The molecule has 5 nitrogen and oxygen atoms in total. The smallest absolute Gasteiger partial charge is 0.319 e. The standard InChI is InChI=1S/C19H23N3O2S/c1-24-18-12-14(10-11-20-18)13-21-19(23)22-16-8-4-5-9-17(16)25-15-6-2-3-7-15/h4-5,8-12,15H,2-3,6-7,13H2,1H3,(H2,21,22,23). The fourth-order valence-electron chi connectivity index (χ4n) is 2.88. The van der Waals surface area contributed by atoms with Gasteiger partial charge < -0.3 is 15.4 Å². The second-order valence-corrected chi connectivity index (χ2v) is 7.38. The van der Waals surface area contributed by atoms with Gasteiger partial charge in [-0.2, -0.15) is 0 Å². The van der Waals surface area contributed by atoms with Gasteiger partial charge in [0, 0.05) is 29.0 Å². The third-order valence-corrected chi connectivity index (χ3v) is 5.61. The number of aromatic nitrogens is 1. The van der Waals surface area contributed by atoms with Crippen LogP contribution in [0.3, 0.4) is 0 Å². The number of anilines is 1. The van der Waals surface area contributed by atoms with Crippen LogP contribution in [-0.2, 0) is 6.54 Å². The molecule has 1 fully saturated rings. The second-order valence-electron chi connectivity index (χ2n) is 6.03. The molecule has 1 aromatic carbocycles. The zero-order valence-electron chi connectivity index (χ0n) is 14.3. The topological polar surface area (TPSA) is 63.2 Å². The molecule has 132 valence electrons. The minimum atomic E-state index is -0.213. The van der Waals surface area contributed by atoms with E-state index in [4.69, 9.17) is 4.74 Å². The van der Waals surface area contributed by atoms with Gasteiger partial charge in [0.05, 0.1) is 12.8 Å². The molecule has 0 radical (unpaired) electrons. The fraction of sp³-hybridized carbons (Fsp3) is 0.368. The molecule has 1 heterocycles. The second kappa shape index (κ2) is 8.76. The number of rotatable bonds is 6. The zero-order chi connectivity index (χ0) is 17.5. The highest BCUT2D eigenvalue weighted by atomic mass is 32.2. The number of para-hydroxylation sites is 1. The lowest BCUT2D eigenvalue weighted by Crippen LogP contribution is -2.28. The third kappa shape index (κ3) is 5.13. The first-order chi connectivity index (χ1) is 12.2. The molecule has 1 aliphatic carbocycles. The lowest BCUT2D eigenvalue weighted by Gasteiger charge is -2.14. The van der Waals surface area contributed by atoms with Crippen molar-refractivity contribution in [1.82, 2.24) is 10.3 Å². The normalized spacial score (nSPS) is 14.3. The minimum absolute atomic E-state index is 0.213. The van der Waals surface area contributed by atoms with E-state index in [0.29, 0.717) is 17.7 Å². The van der Waals surface area contributed by atoms with Crippen LogP contribution < -0.4 is 15.4 Å². The maximum Gasteiger partial charge on any atom is 0.319 e. The number of nitrogens with one attached hydrogen (secondary N) is 2. The molecule has 2 aromatic rings. The van der Waals surface area contributed by atoms with Crippen molar-refractivity contribution in [3.63, 3.8) is 0 Å². The molecule has 6 heteroatoms. The molecule has 0 saturated heterocycles. The summed E-state index contributed by atoms with van der Waals surface area (Å²) in [5, 5.41) is 6.50. The maximum atomic E-state index is 12.3. The zero-order valence-corrected chi connectivity index (χ0v) is 15.1. The first-order valence-corrected chi connectivity index (χ1v) is 9.42. The molecule has 2 N–H and O–H groups in total. The van der Waals surface area contributed by atoms with Crippen LogP contribution in [-0.4, -0.2) is 23.4 Å². The molecule has 0 atom stereocenters. The molecule has 1 aliphatic rings. The predicted molar refractivity (Wildman–Crippen MR) is 101 cm³/mol. The molecule has 0 spiro atoms. The molecule has 2 amide bonds. The first-order valence-electron chi connectivity index (χ1n) is 8.54. The summed E-state index contributed by atoms with van der Waals surface area (Å²) in [7, 11) is 1.57. The summed E-state index contributed by atoms with van der Waals surface area (Å²) in [6, 6.07) is 11.4. The number of hydrogen-bond acceptors (Lipinski definition) is 4. The molecule has 0 bridgehead atoms. The lowest BCUT2D eigenvalue weighted by atomic mass is 10.2. The third-order valence-electron chi connectivity index (χ3n) is 4.19. The van der Waals surface area contributed by atoms with E-state index in [0.717, 1.165) is 16.1 Å². The number of methoxy groups -OCH3 is 1. The van der Waals surface area contributed by atoms with Crippen LogP contribution in [0.15, 0.2) is 47.5 Å². The quantitative estimate of drug-likeness (QED) is 0.802. The molecule has 0 aliphatic heterocycles. The van der Waals surface area contributed by atoms with E-state index in [9.17, 15) is 4.79 Å². The van der Waals surface area contributed by atoms with E-state index >= 15 is 0 Å². The van der Waals surface area contributed by atoms with Crippen molar-refractivity contribution in [2.45, 2.75) is 42.4 Å². The molecular formula is C19H23N3O2S. The number of hydrogen-bond donors (Lipinski definition) is 2. The monoisotopic (exact) mass is 357 g/mol. The SMILES string of the molecule is COc1cc(CNC(=O)Nc2ccccc2SC2CCCC2)ccn1. The number of benzene rings is 1. The fourth-order valence-corrected chi connectivity index (χ4v) is 4.21. The van der Waals surface area contributed by atoms with Crippen LogP contribution in [0.25, 0.3) is 0 Å². The maximum absolute atomic E-state index is 12.3. The number of ether oxygens (including phenoxy) is 1. The van der Waals surface area contributed by atoms with Crippen molar-refractivity contribution in [3.8, 4) is 5.88 Å². The van der Waals surface area contributed by atoms with E-state index in [2.05, 4.69) is 21.7 Å². The summed E-state index contributed by atoms with van der Waals surface area (Å²) < 4.78 is 5.09. The average Bonchev–Trinajstić information content (AvgIpc) is 3.15. The van der Waals surface area contributed by atoms with Gasteiger partial charge in [0.1, 0.15) is 0 Å². The summed E-state index contributed by atoms with van der Waals surface area (Å²) in [6.07, 6.45) is 6.80. The molecule has 0 unspecified atom stereocenters. The molecular weight excluding hydrogens is 334 g/mol. The van der Waals surface area contributed by atoms with E-state index in [1.54, 1.807) is 13.3 Å². The predicted octanol–water partition coefficient (Wildman–Crippen LogP) is 4.45. The minimum Gasteiger partial charge on any atom is -0.481 e. The summed E-state index contributed by atoms with van der Waals surface area (Å²) >= 11 is 1.87. The van der Waals surface area contributed by atoms with Gasteiger partial charge in [0.2, 0.25) is 5.88 Å². The van der Waals surface area contributed by atoms with E-state index in [1.165, 1.54) is 25.7 Å². The van der Waals surface area contributed by atoms with Crippen molar-refractivity contribution in [2.24, 2.45) is 0 Å². The Morgan fingerprint density at radius 3 is 2.88 bits per heavy atom. The highest BCUT2D eigenvalue weighted by Gasteiger charge is 2.18. The summed E-state index contributed by atoms with van der Waals surface area (Å²) in [5.74, 6) is 0.540. The van der Waals surface area contributed by atoms with Gasteiger partial charge in [0.15, 0.2) is 0 Å². The van der Waals surface area contributed by atoms with Crippen LogP contribution in [0.4, 0.5) is 10.5 Å². The van der Waals surface area contributed by atoms with Gasteiger partial charge in [-0.05, 0) is 36.6 Å². The number of carbonyl (C=O) groups is 1. The Kier molecular flexibility index (Phi) is 6.17. The summed E-state index contributed by atoms with van der Waals surface area (Å²) in [6.45, 7) is 0.419. The number of carbonyl (C=O) groups excluding carboxylic acids is 1. The number of nitrogens with zero attached hydrogens (tertiary/aromatic N) is 1. The summed E-state index contributed by atoms with van der Waals surface area (Å²) in [4.78, 5) is 17.4. The largest absolute Gasteiger partial charge is 0.481 e. The van der Waals surface area contributed by atoms with Gasteiger partial charge in [-0.1, -0.05) is 25.0 Å². The van der Waals surface area contributed by atoms with Crippen LogP contribution in [0.1, 0.15) is 31.2 Å². The van der Waals surface area contributed by atoms with E-state index < -0.39 is 0 Å². The molecule has 3 rings (SSSR count). The van der Waals surface area contributed by atoms with Gasteiger partial charge in [0.25, 0.3) is 0 Å². The molecule has 1 saturated carbocycles. The van der Waals surface area contributed by atoms with Gasteiger partial charge >= 0.3 is 6.03 Å². The highest BCUT2D eigenvalue weighted by molar-refractivity contribution is 8.00. The van der Waals surface area contributed by atoms with Gasteiger partial charge in [-0.15, -0.1) is 11.8 Å². The lowest BCUT2D eigenvalue weighted by molar-refractivity contribution is 0.251. The number of amides is 2. The Bertz CT molecular complexity index is 717. The Hall–Kier alpha value is -2.21. The first kappa shape index (κ1) is 17.6. The van der Waals surface area contributed by atoms with Crippen molar-refractivity contribution < 1.29 is 9.53 Å². The van der Waals surface area contributed by atoms with Crippen molar-refractivity contribution in [1.29, 1.82) is 0 Å². The van der Waals surface area contributed by atoms with E-state index in [-0.39, 0.29) is 6.03 Å². The van der Waals surface area contributed by atoms with Crippen LogP contribution in [0.2, 0.25) is 0 Å². The number of pyridine rings is 1. The van der Waals surface area contributed by atoms with Gasteiger partial charge in [-0.25, -0.2) is 9.78 Å². The molecule has 1 aromatic heterocycles. The number of thioether (sulfide) groups is 1. The van der Waals surface area contributed by atoms with Crippen molar-refractivity contribution in [3.05, 3.63) is 48.2 Å². The molecule has 25 heavy (non-hydrogen) atoms. The Labute approximate surface area is 152 Å². The van der Waals surface area contributed by atoms with E-state index in [1.807, 2.05) is 42.1 Å². The summed E-state index contributed by atoms with van der Waals surface area (Å²) in [5.41, 5.74) is 1.81. The average molecular weight is 357 g/mol. The van der Waals surface area contributed by atoms with Crippen molar-refractivity contribution in [2.75, 3.05) is 12.4 Å². The van der Waals surface area contributed by atoms with Crippen LogP contribution in [0, 0.1) is 0 Å². The van der Waals surface area contributed by atoms with Gasteiger partial charge in [-0.3, -0.25) is 0 Å². The van der Waals surface area contributed by atoms with Crippen LogP contribution >= 0.6 is 11.8 Å². The highest BCUT2D eigenvalue weighted by Crippen LogP contribution is 2.37. The van der Waals surface area contributed by atoms with Crippen LogP contribution in [0.5, 0.6) is 5.88 Å².